The van der Waals surface area contributed by atoms with Crippen molar-refractivity contribution in [2.75, 3.05) is 0 Å². The Labute approximate surface area is 137 Å². The number of hydrogen-bond acceptors (Lipinski definition) is 2. The molecule has 0 fully saturated rings. The average molecular weight is 311 g/mol. The fourth-order valence-corrected chi connectivity index (χ4v) is 2.37. The van der Waals surface area contributed by atoms with E-state index in [9.17, 15) is 4.79 Å². The second-order valence-corrected chi connectivity index (χ2v) is 4.94. The number of aromatic nitrogens is 3. The van der Waals surface area contributed by atoms with Crippen LogP contribution in [0.15, 0.2) is 53.3 Å². The van der Waals surface area contributed by atoms with E-state index in [0.29, 0.717) is 5.65 Å². The molecule has 23 heavy (non-hydrogen) atoms. The number of rotatable bonds is 0. The number of imidazole rings is 1. The van der Waals surface area contributed by atoms with Crippen LogP contribution >= 0.6 is 0 Å². The molecule has 2 aromatic heterocycles. The summed E-state index contributed by atoms with van der Waals surface area (Å²) in [5, 5.41) is 0.952. The van der Waals surface area contributed by atoms with E-state index >= 15 is 0 Å². The van der Waals surface area contributed by atoms with E-state index in [1.54, 1.807) is 4.40 Å². The first-order valence-electron chi connectivity index (χ1n) is 8.14. The summed E-state index contributed by atoms with van der Waals surface area (Å²) in [4.78, 5) is 19.6. The predicted octanol–water partition coefficient (Wildman–Crippen LogP) is 5.02. The van der Waals surface area contributed by atoms with Gasteiger partial charge in [-0.1, -0.05) is 58.4 Å². The van der Waals surface area contributed by atoms with Crippen LogP contribution in [0, 0.1) is 0 Å². The Bertz CT molecular complexity index is 973. The maximum absolute atomic E-state index is 12.1. The van der Waals surface area contributed by atoms with Crippen LogP contribution in [-0.4, -0.2) is 14.4 Å². The van der Waals surface area contributed by atoms with Crippen LogP contribution in [0.25, 0.3) is 27.6 Å². The zero-order valence-electron chi connectivity index (χ0n) is 14.1. The van der Waals surface area contributed by atoms with Gasteiger partial charge < -0.3 is 4.98 Å². The van der Waals surface area contributed by atoms with E-state index in [2.05, 4.69) is 23.8 Å². The summed E-state index contributed by atoms with van der Waals surface area (Å²) in [7, 11) is 0. The minimum atomic E-state index is -0.155. The molecule has 0 amide bonds. The van der Waals surface area contributed by atoms with Gasteiger partial charge in [-0.2, -0.15) is 0 Å². The Balaban J connectivity index is 0.000000437. The normalized spacial score (nSPS) is 10.1. The monoisotopic (exact) mass is 311 g/mol. The lowest BCUT2D eigenvalue weighted by molar-refractivity contribution is 1.06. The van der Waals surface area contributed by atoms with E-state index in [4.69, 9.17) is 0 Å². The molecule has 0 unspecified atom stereocenters. The Morgan fingerprint density at radius 3 is 2.39 bits per heavy atom. The summed E-state index contributed by atoms with van der Waals surface area (Å²) in [6.45, 7) is 8.25. The van der Waals surface area contributed by atoms with E-state index in [0.717, 1.165) is 21.9 Å². The number of nitrogens with zero attached hydrogens (tertiary/aromatic N) is 2. The highest BCUT2D eigenvalue weighted by Gasteiger charge is 2.09. The molecule has 0 atom stereocenters. The molecule has 122 valence electrons. The molecule has 2 aromatic carbocycles. The Kier molecular flexibility index (Phi) is 5.52. The molecule has 4 heteroatoms. The quantitative estimate of drug-likeness (QED) is 0.496. The Hall–Kier alpha value is -2.62. The summed E-state index contributed by atoms with van der Waals surface area (Å²) in [6.07, 6.45) is 1.25. The third-order valence-electron chi connectivity index (χ3n) is 3.17. The number of H-pyrrole nitrogens is 1. The highest BCUT2D eigenvalue weighted by Crippen LogP contribution is 2.20. The zero-order chi connectivity index (χ0) is 16.8. The second-order valence-electron chi connectivity index (χ2n) is 4.94. The van der Waals surface area contributed by atoms with Crippen LogP contribution in [0.3, 0.4) is 0 Å². The van der Waals surface area contributed by atoms with Gasteiger partial charge in [0.1, 0.15) is 0 Å². The van der Waals surface area contributed by atoms with Gasteiger partial charge in [-0.25, -0.2) is 14.2 Å². The van der Waals surface area contributed by atoms with Crippen LogP contribution in [0.5, 0.6) is 0 Å². The number of benzene rings is 2. The molecule has 4 nitrogen and oxygen atoms in total. The molecule has 0 aliphatic rings. The van der Waals surface area contributed by atoms with E-state index < -0.39 is 0 Å². The second kappa shape index (κ2) is 7.58. The van der Waals surface area contributed by atoms with Crippen molar-refractivity contribution < 1.29 is 1.43 Å². The highest BCUT2D eigenvalue weighted by molar-refractivity contribution is 5.95. The largest absolute Gasteiger partial charge is 0.332 e. The van der Waals surface area contributed by atoms with Crippen molar-refractivity contribution in [1.82, 2.24) is 14.4 Å². The molecule has 0 saturated heterocycles. The van der Waals surface area contributed by atoms with Crippen molar-refractivity contribution in [2.24, 2.45) is 0 Å². The molecule has 0 saturated carbocycles. The average Bonchev–Trinajstić information content (AvgIpc) is 2.98. The fourth-order valence-electron chi connectivity index (χ4n) is 2.37. The maximum atomic E-state index is 12.1. The van der Waals surface area contributed by atoms with Crippen LogP contribution < -0.4 is 5.69 Å². The Morgan fingerprint density at radius 2 is 1.65 bits per heavy atom. The van der Waals surface area contributed by atoms with Crippen LogP contribution in [0.4, 0.5) is 0 Å². The van der Waals surface area contributed by atoms with Gasteiger partial charge in [0.2, 0.25) is 0 Å². The summed E-state index contributed by atoms with van der Waals surface area (Å²) in [5.41, 5.74) is 3.03. The first-order valence-corrected chi connectivity index (χ1v) is 8.14. The number of aromatic amines is 1. The summed E-state index contributed by atoms with van der Waals surface area (Å²) in [6, 6.07) is 15.3. The van der Waals surface area contributed by atoms with Crippen molar-refractivity contribution in [3.8, 4) is 0 Å². The molecule has 0 aliphatic heterocycles. The lowest BCUT2D eigenvalue weighted by Gasteiger charge is -1.99. The lowest BCUT2D eigenvalue weighted by atomic mass is 10.2. The van der Waals surface area contributed by atoms with Crippen LogP contribution in [-0.2, 0) is 0 Å². The molecule has 0 radical (unpaired) electrons. The topological polar surface area (TPSA) is 50.2 Å². The number of para-hydroxylation sites is 3. The first-order chi connectivity index (χ1) is 11.3. The molecule has 0 spiro atoms. The van der Waals surface area contributed by atoms with Gasteiger partial charge in [-0.3, -0.25) is 0 Å². The molecule has 0 bridgehead atoms. The van der Waals surface area contributed by atoms with Crippen molar-refractivity contribution in [3.63, 3.8) is 0 Å². The van der Waals surface area contributed by atoms with E-state index in [-0.39, 0.29) is 7.12 Å². The van der Waals surface area contributed by atoms with Crippen molar-refractivity contribution >= 4 is 27.6 Å². The molecule has 1 N–H and O–H groups in total. The van der Waals surface area contributed by atoms with Gasteiger partial charge in [0.05, 0.1) is 16.6 Å². The van der Waals surface area contributed by atoms with Gasteiger partial charge in [-0.05, 0) is 24.3 Å². The molecule has 4 aromatic rings. The standard InChI is InChI=1S/C14H9N3O.C3H8.C2H6.H2/c18-14-16-10-6-2-1-5-9(10)13-15-11-7-3-4-8-12(11)17(13)14;1-3-2;1-2;/h1-8H,(H,16,18);3H2,1-2H3;1-2H3;1H. The molecular formula is C19H25N3O. The maximum Gasteiger partial charge on any atom is 0.332 e. The third-order valence-corrected chi connectivity index (χ3v) is 3.17. The third kappa shape index (κ3) is 3.11. The minimum absolute atomic E-state index is 0. The SMILES string of the molecule is CC.CCC.O=c1[nH]c2ccccc2c2nc3ccccc3n12.[HH]. The number of fused-ring (bicyclic) bond motifs is 5. The highest BCUT2D eigenvalue weighted by atomic mass is 16.1. The van der Waals surface area contributed by atoms with Gasteiger partial charge in [0.15, 0.2) is 5.65 Å². The smallest absolute Gasteiger partial charge is 0.306 e. The minimum Gasteiger partial charge on any atom is -0.306 e. The zero-order valence-corrected chi connectivity index (χ0v) is 14.1. The summed E-state index contributed by atoms with van der Waals surface area (Å²) in [5.74, 6) is 0. The van der Waals surface area contributed by atoms with Gasteiger partial charge in [-0.15, -0.1) is 0 Å². The van der Waals surface area contributed by atoms with Crippen molar-refractivity contribution in [3.05, 3.63) is 59.0 Å². The lowest BCUT2D eigenvalue weighted by Crippen LogP contribution is -2.15. The molecule has 0 aliphatic carbocycles. The van der Waals surface area contributed by atoms with E-state index in [1.165, 1.54) is 6.42 Å². The van der Waals surface area contributed by atoms with Gasteiger partial charge >= 0.3 is 5.69 Å². The molecular weight excluding hydrogens is 286 g/mol. The summed E-state index contributed by atoms with van der Waals surface area (Å²) >= 11 is 0. The van der Waals surface area contributed by atoms with Gasteiger partial charge in [0, 0.05) is 6.81 Å². The van der Waals surface area contributed by atoms with E-state index in [1.807, 2.05) is 62.4 Å². The van der Waals surface area contributed by atoms with Gasteiger partial charge in [0.25, 0.3) is 0 Å². The number of nitrogens with one attached hydrogen (secondary N) is 1. The number of hydrogen-bond donors (Lipinski definition) is 1. The van der Waals surface area contributed by atoms with Crippen molar-refractivity contribution in [2.45, 2.75) is 34.1 Å². The van der Waals surface area contributed by atoms with Crippen molar-refractivity contribution in [1.29, 1.82) is 0 Å². The van der Waals surface area contributed by atoms with Crippen LogP contribution in [0.2, 0.25) is 0 Å². The first kappa shape index (κ1) is 16.7. The Morgan fingerprint density at radius 1 is 1.04 bits per heavy atom. The van der Waals surface area contributed by atoms with Crippen LogP contribution in [0.1, 0.15) is 35.5 Å². The summed E-state index contributed by atoms with van der Waals surface area (Å²) < 4.78 is 1.62. The fraction of sp³-hybridized carbons (Fsp3) is 0.263. The molecule has 2 heterocycles. The predicted molar refractivity (Wildman–Crippen MR) is 100 cm³/mol. The molecule has 4 rings (SSSR count).